The number of carbonyl (C=O) groups is 2. The molecule has 0 bridgehead atoms. The molecule has 0 aliphatic carbocycles. The van der Waals surface area contributed by atoms with Gasteiger partial charge < -0.3 is 24.5 Å². The summed E-state index contributed by atoms with van der Waals surface area (Å²) in [6.45, 7) is 9.81. The molecule has 1 aromatic heterocycles. The maximum absolute atomic E-state index is 14.1. The van der Waals surface area contributed by atoms with Crippen LogP contribution in [0.2, 0.25) is 0 Å². The fourth-order valence-electron chi connectivity index (χ4n) is 7.08. The van der Waals surface area contributed by atoms with Gasteiger partial charge in [-0.2, -0.15) is 0 Å². The third-order valence-corrected chi connectivity index (χ3v) is 10.5. The first-order valence-corrected chi connectivity index (χ1v) is 20.6. The molecule has 284 valence electrons. The molecule has 1 atom stereocenters. The maximum Gasteiger partial charge on any atom is 0.337 e. The lowest BCUT2D eigenvalue weighted by atomic mass is 9.77. The van der Waals surface area contributed by atoms with Crippen molar-refractivity contribution in [3.8, 4) is 5.75 Å². The molecule has 1 aliphatic rings. The Labute approximate surface area is 315 Å². The van der Waals surface area contributed by atoms with Gasteiger partial charge in [0.05, 0.1) is 47.9 Å². The van der Waals surface area contributed by atoms with E-state index in [9.17, 15) is 9.59 Å². The van der Waals surface area contributed by atoms with Crippen LogP contribution in [0.3, 0.4) is 0 Å². The van der Waals surface area contributed by atoms with Crippen LogP contribution in [0.15, 0.2) is 70.2 Å². The van der Waals surface area contributed by atoms with Gasteiger partial charge >= 0.3 is 11.9 Å². The number of allylic oxidation sites excluding steroid dienone is 1. The number of methoxy groups -OCH3 is 1. The van der Waals surface area contributed by atoms with E-state index in [1.165, 1.54) is 82.4 Å². The van der Waals surface area contributed by atoms with Gasteiger partial charge in [-0.3, -0.25) is 0 Å². The molecule has 52 heavy (non-hydrogen) atoms. The van der Waals surface area contributed by atoms with E-state index in [4.69, 9.17) is 19.2 Å². The number of carbonyl (C=O) groups excluding carboxylic acids is 2. The summed E-state index contributed by atoms with van der Waals surface area (Å²) < 4.78 is 17.5. The molecule has 0 radical (unpaired) electrons. The van der Waals surface area contributed by atoms with Crippen molar-refractivity contribution in [2.45, 2.75) is 142 Å². The molecule has 2 N–H and O–H groups in total. The standard InChI is InChI=1S/C43H61N3O5S/c1-7-9-10-11-12-13-14-15-16-17-18-19-20-24-32-25-23-28-36(49-6)38(32)40-37(42(48)51-30(3)4)31(5)44-35(39(40)41(47)50-8-2)29-52-43-45-33-26-21-22-27-34(33)46-43/h21-23,25-28,30,40,44H,7-20,24,29H2,1-6H3,(H,45,46). The Bertz CT molecular complexity index is 1630. The largest absolute Gasteiger partial charge is 0.496 e. The maximum atomic E-state index is 14.1. The predicted octanol–water partition coefficient (Wildman–Crippen LogP) is 10.7. The molecule has 4 rings (SSSR count). The van der Waals surface area contributed by atoms with Crippen LogP contribution in [0.5, 0.6) is 5.75 Å². The second-order valence-corrected chi connectivity index (χ2v) is 15.0. The zero-order valence-corrected chi connectivity index (χ0v) is 33.2. The number of hydrogen-bond donors (Lipinski definition) is 2. The average molecular weight is 732 g/mol. The first-order valence-electron chi connectivity index (χ1n) is 19.6. The van der Waals surface area contributed by atoms with E-state index >= 15 is 0 Å². The number of nitrogens with zero attached hydrogens (tertiary/aromatic N) is 1. The number of para-hydroxylation sites is 2. The molecule has 1 aliphatic heterocycles. The van der Waals surface area contributed by atoms with E-state index < -0.39 is 17.9 Å². The predicted molar refractivity (Wildman–Crippen MR) is 213 cm³/mol. The van der Waals surface area contributed by atoms with Crippen molar-refractivity contribution in [3.05, 3.63) is 76.1 Å². The second kappa shape index (κ2) is 21.7. The summed E-state index contributed by atoms with van der Waals surface area (Å²) in [6.07, 6.45) is 17.2. The topological polar surface area (TPSA) is 103 Å². The minimum atomic E-state index is -0.744. The molecule has 0 saturated carbocycles. The van der Waals surface area contributed by atoms with E-state index in [0.717, 1.165) is 46.6 Å². The van der Waals surface area contributed by atoms with Crippen LogP contribution in [0.25, 0.3) is 11.0 Å². The third-order valence-electron chi connectivity index (χ3n) is 9.64. The van der Waals surface area contributed by atoms with Crippen molar-refractivity contribution in [2.24, 2.45) is 0 Å². The van der Waals surface area contributed by atoms with Crippen LogP contribution in [0.4, 0.5) is 0 Å². The van der Waals surface area contributed by atoms with Gasteiger partial charge in [-0.1, -0.05) is 120 Å². The first kappa shape index (κ1) is 41.0. The van der Waals surface area contributed by atoms with Crippen LogP contribution in [0, 0.1) is 0 Å². The Hall–Kier alpha value is -3.72. The van der Waals surface area contributed by atoms with Crippen LogP contribution in [-0.2, 0) is 25.5 Å². The minimum absolute atomic E-state index is 0.200. The van der Waals surface area contributed by atoms with Crippen molar-refractivity contribution in [1.29, 1.82) is 0 Å². The van der Waals surface area contributed by atoms with Gasteiger partial charge in [-0.15, -0.1) is 0 Å². The lowest BCUT2D eigenvalue weighted by molar-refractivity contribution is -0.143. The zero-order chi connectivity index (χ0) is 37.3. The van der Waals surface area contributed by atoms with E-state index in [2.05, 4.69) is 23.3 Å². The number of aryl methyl sites for hydroxylation is 1. The number of nitrogens with one attached hydrogen (secondary N) is 2. The highest BCUT2D eigenvalue weighted by molar-refractivity contribution is 7.99. The van der Waals surface area contributed by atoms with Crippen molar-refractivity contribution < 1.29 is 23.8 Å². The number of hydrogen-bond acceptors (Lipinski definition) is 8. The van der Waals surface area contributed by atoms with Crippen LogP contribution in [-0.4, -0.2) is 47.5 Å². The van der Waals surface area contributed by atoms with Crippen LogP contribution < -0.4 is 10.1 Å². The van der Waals surface area contributed by atoms with Crippen molar-refractivity contribution in [3.63, 3.8) is 0 Å². The zero-order valence-electron chi connectivity index (χ0n) is 32.4. The lowest BCUT2D eigenvalue weighted by Crippen LogP contribution is -2.35. The number of H-pyrrole nitrogens is 1. The SMILES string of the molecule is CCCCCCCCCCCCCCCc1cccc(OC)c1C1C(C(=O)OC(C)C)=C(C)NC(CSc2nc3ccccc3[nH]2)=C1C(=O)OCC. The molecule has 0 amide bonds. The Morgan fingerprint density at radius 1 is 0.827 bits per heavy atom. The summed E-state index contributed by atoms with van der Waals surface area (Å²) >= 11 is 1.49. The molecule has 1 unspecified atom stereocenters. The highest BCUT2D eigenvalue weighted by atomic mass is 32.2. The molecule has 0 saturated heterocycles. The molecule has 8 nitrogen and oxygen atoms in total. The van der Waals surface area contributed by atoms with Gasteiger partial charge in [0.1, 0.15) is 5.75 Å². The number of aromatic nitrogens is 2. The molecule has 0 spiro atoms. The van der Waals surface area contributed by atoms with Crippen molar-refractivity contribution >= 4 is 34.7 Å². The number of dihydropyridines is 1. The monoisotopic (exact) mass is 731 g/mol. The summed E-state index contributed by atoms with van der Waals surface area (Å²) in [4.78, 5) is 36.1. The van der Waals surface area contributed by atoms with Crippen LogP contribution >= 0.6 is 11.8 Å². The minimum Gasteiger partial charge on any atom is -0.496 e. The summed E-state index contributed by atoms with van der Waals surface area (Å²) in [5.41, 5.74) is 5.79. The van der Waals surface area contributed by atoms with Gasteiger partial charge in [0.25, 0.3) is 0 Å². The summed E-state index contributed by atoms with van der Waals surface area (Å²) in [5.74, 6) is -0.648. The quantitative estimate of drug-likeness (QED) is 0.0564. The highest BCUT2D eigenvalue weighted by Crippen LogP contribution is 2.45. The smallest absolute Gasteiger partial charge is 0.337 e. The fourth-order valence-corrected chi connectivity index (χ4v) is 7.94. The van der Waals surface area contributed by atoms with E-state index in [0.29, 0.717) is 34.0 Å². The van der Waals surface area contributed by atoms with Gasteiger partial charge in [0, 0.05) is 22.7 Å². The van der Waals surface area contributed by atoms with Crippen LogP contribution in [0.1, 0.15) is 135 Å². The lowest BCUT2D eigenvalue weighted by Gasteiger charge is -2.33. The molecular weight excluding hydrogens is 671 g/mol. The average Bonchev–Trinajstić information content (AvgIpc) is 3.55. The first-order chi connectivity index (χ1) is 25.3. The molecular formula is C43H61N3O5S. The highest BCUT2D eigenvalue weighted by Gasteiger charge is 2.41. The number of rotatable bonds is 23. The molecule has 2 heterocycles. The second-order valence-electron chi connectivity index (χ2n) is 14.0. The Balaban J connectivity index is 1.58. The Morgan fingerprint density at radius 3 is 2.10 bits per heavy atom. The van der Waals surface area contributed by atoms with E-state index in [-0.39, 0.29) is 12.7 Å². The summed E-state index contributed by atoms with van der Waals surface area (Å²) in [6, 6.07) is 13.9. The molecule has 2 aromatic carbocycles. The number of benzene rings is 2. The molecule has 3 aromatic rings. The van der Waals surface area contributed by atoms with Crippen molar-refractivity contribution in [1.82, 2.24) is 15.3 Å². The number of esters is 2. The Morgan fingerprint density at radius 2 is 1.48 bits per heavy atom. The number of aromatic amines is 1. The number of unbranched alkanes of at least 4 members (excludes halogenated alkanes) is 12. The van der Waals surface area contributed by atoms with Crippen molar-refractivity contribution in [2.75, 3.05) is 19.5 Å². The van der Waals surface area contributed by atoms with Gasteiger partial charge in [0.15, 0.2) is 5.16 Å². The number of fused-ring (bicyclic) bond motifs is 1. The molecule has 9 heteroatoms. The summed E-state index contributed by atoms with van der Waals surface area (Å²) in [5, 5.41) is 4.16. The van der Waals surface area contributed by atoms with Gasteiger partial charge in [-0.25, -0.2) is 14.6 Å². The number of ether oxygens (including phenoxy) is 3. The fraction of sp³-hybridized carbons (Fsp3) is 0.558. The third kappa shape index (κ3) is 11.6. The van der Waals surface area contributed by atoms with E-state index in [1.807, 2.05) is 57.2 Å². The van der Waals surface area contributed by atoms with Gasteiger partial charge in [-0.05, 0) is 64.3 Å². The van der Waals surface area contributed by atoms with E-state index in [1.54, 1.807) is 14.0 Å². The van der Waals surface area contributed by atoms with Gasteiger partial charge in [0.2, 0.25) is 0 Å². The number of thioether (sulfide) groups is 1. The molecule has 0 fully saturated rings. The normalized spacial score (nSPS) is 14.6. The summed E-state index contributed by atoms with van der Waals surface area (Å²) in [7, 11) is 1.64. The Kier molecular flexibility index (Phi) is 17.1. The number of imidazole rings is 1.